The average molecular weight is 425 g/mol. The van der Waals surface area contributed by atoms with E-state index in [0.29, 0.717) is 10.9 Å². The first-order chi connectivity index (χ1) is 9.36. The Balaban J connectivity index is 2.33. The van der Waals surface area contributed by atoms with E-state index in [0.717, 1.165) is 21.6 Å². The van der Waals surface area contributed by atoms with E-state index in [1.165, 1.54) is 6.07 Å². The molecule has 0 aliphatic carbocycles. The number of benzene rings is 1. The van der Waals surface area contributed by atoms with Crippen molar-refractivity contribution in [2.24, 2.45) is 5.92 Å². The van der Waals surface area contributed by atoms with E-state index in [1.54, 1.807) is 12.1 Å². The van der Waals surface area contributed by atoms with Crippen LogP contribution in [0.1, 0.15) is 26.2 Å². The van der Waals surface area contributed by atoms with E-state index >= 15 is 0 Å². The van der Waals surface area contributed by atoms with Crippen molar-refractivity contribution in [1.82, 2.24) is 4.31 Å². The molecule has 1 aromatic rings. The third-order valence-electron chi connectivity index (χ3n) is 3.32. The molecule has 1 unspecified atom stereocenters. The highest BCUT2D eigenvalue weighted by atomic mass is 79.9. The molecular formula is C13H15Br2NO3S. The Labute approximate surface area is 135 Å². The van der Waals surface area contributed by atoms with Gasteiger partial charge in [-0.05, 0) is 46.5 Å². The van der Waals surface area contributed by atoms with Gasteiger partial charge in [0.15, 0.2) is 0 Å². The number of carbonyl (C=O) groups excluding carboxylic acids is 1. The number of sulfonamides is 1. The lowest BCUT2D eigenvalue weighted by molar-refractivity contribution is -0.123. The minimum atomic E-state index is -3.77. The molecule has 0 aromatic heterocycles. The molecule has 2 rings (SSSR count). The van der Waals surface area contributed by atoms with Crippen LogP contribution in [-0.2, 0) is 14.8 Å². The Morgan fingerprint density at radius 3 is 2.65 bits per heavy atom. The number of hydrogen-bond acceptors (Lipinski definition) is 3. The molecule has 110 valence electrons. The van der Waals surface area contributed by atoms with Crippen molar-refractivity contribution in [3.63, 3.8) is 0 Å². The van der Waals surface area contributed by atoms with E-state index in [1.807, 2.05) is 6.92 Å². The molecule has 1 fully saturated rings. The van der Waals surface area contributed by atoms with E-state index < -0.39 is 10.0 Å². The van der Waals surface area contributed by atoms with E-state index in [9.17, 15) is 13.2 Å². The largest absolute Gasteiger partial charge is 0.274 e. The molecule has 0 radical (unpaired) electrons. The van der Waals surface area contributed by atoms with Gasteiger partial charge < -0.3 is 0 Å². The number of carbonyl (C=O) groups is 1. The smallest absolute Gasteiger partial charge is 0.267 e. The highest BCUT2D eigenvalue weighted by Crippen LogP contribution is 2.32. The van der Waals surface area contributed by atoms with Crippen LogP contribution in [0.3, 0.4) is 0 Å². The van der Waals surface area contributed by atoms with E-state index in [2.05, 4.69) is 31.9 Å². The van der Waals surface area contributed by atoms with Gasteiger partial charge in [-0.1, -0.05) is 29.3 Å². The molecule has 0 spiro atoms. The fourth-order valence-electron chi connectivity index (χ4n) is 2.39. The summed E-state index contributed by atoms with van der Waals surface area (Å²) in [5.41, 5.74) is 0. The first-order valence-electron chi connectivity index (χ1n) is 6.37. The summed E-state index contributed by atoms with van der Waals surface area (Å²) in [6.07, 6.45) is 2.15. The van der Waals surface area contributed by atoms with Gasteiger partial charge in [-0.15, -0.1) is 0 Å². The SMILES string of the molecule is CCCC1CC(=O)N(S(=O)(=O)c2ccc(Br)cc2Br)C1. The predicted molar refractivity (Wildman–Crippen MR) is 83.8 cm³/mol. The molecule has 20 heavy (non-hydrogen) atoms. The molecule has 1 aliphatic heterocycles. The zero-order valence-electron chi connectivity index (χ0n) is 11.0. The number of halogens is 2. The second kappa shape index (κ2) is 6.15. The maximum absolute atomic E-state index is 12.6. The van der Waals surface area contributed by atoms with Crippen LogP contribution in [0.2, 0.25) is 0 Å². The highest BCUT2D eigenvalue weighted by Gasteiger charge is 2.38. The van der Waals surface area contributed by atoms with Crippen LogP contribution >= 0.6 is 31.9 Å². The summed E-state index contributed by atoms with van der Waals surface area (Å²) in [6, 6.07) is 4.82. The van der Waals surface area contributed by atoms with Crippen LogP contribution in [0, 0.1) is 5.92 Å². The second-order valence-electron chi connectivity index (χ2n) is 4.86. The van der Waals surface area contributed by atoms with Crippen molar-refractivity contribution in [1.29, 1.82) is 0 Å². The summed E-state index contributed by atoms with van der Waals surface area (Å²) >= 11 is 6.53. The predicted octanol–water partition coefficient (Wildman–Crippen LogP) is 3.55. The van der Waals surface area contributed by atoms with Crippen LogP contribution in [0.15, 0.2) is 32.0 Å². The third-order valence-corrected chi connectivity index (χ3v) is 6.58. The van der Waals surface area contributed by atoms with Gasteiger partial charge in [0.05, 0.1) is 0 Å². The van der Waals surface area contributed by atoms with Crippen molar-refractivity contribution in [2.75, 3.05) is 6.54 Å². The monoisotopic (exact) mass is 423 g/mol. The third kappa shape index (κ3) is 3.09. The van der Waals surface area contributed by atoms with Crippen LogP contribution in [-0.4, -0.2) is 25.2 Å². The van der Waals surface area contributed by atoms with Crippen molar-refractivity contribution >= 4 is 47.8 Å². The molecule has 0 N–H and O–H groups in total. The minimum absolute atomic E-state index is 0.131. The lowest BCUT2D eigenvalue weighted by Crippen LogP contribution is -2.32. The standard InChI is InChI=1S/C13H15Br2NO3S/c1-2-3-9-6-13(17)16(8-9)20(18,19)12-5-4-10(14)7-11(12)15/h4-5,7,9H,2-3,6,8H2,1H3. The van der Waals surface area contributed by atoms with Crippen LogP contribution in [0.4, 0.5) is 0 Å². The fraction of sp³-hybridized carbons (Fsp3) is 0.462. The van der Waals surface area contributed by atoms with Crippen molar-refractivity contribution in [2.45, 2.75) is 31.1 Å². The Morgan fingerprint density at radius 1 is 1.35 bits per heavy atom. The Bertz CT molecular complexity index is 631. The molecule has 1 aromatic carbocycles. The second-order valence-corrected chi connectivity index (χ2v) is 8.46. The molecule has 1 atom stereocenters. The summed E-state index contributed by atoms with van der Waals surface area (Å²) < 4.78 is 27.4. The molecule has 4 nitrogen and oxygen atoms in total. The van der Waals surface area contributed by atoms with Gasteiger partial charge in [0, 0.05) is 21.9 Å². The first kappa shape index (κ1) is 16.0. The van der Waals surface area contributed by atoms with Gasteiger partial charge in [0.25, 0.3) is 10.0 Å². The Morgan fingerprint density at radius 2 is 2.05 bits per heavy atom. The van der Waals surface area contributed by atoms with E-state index in [-0.39, 0.29) is 23.3 Å². The lowest BCUT2D eigenvalue weighted by Gasteiger charge is -2.18. The summed E-state index contributed by atoms with van der Waals surface area (Å²) in [4.78, 5) is 12.1. The quantitative estimate of drug-likeness (QED) is 0.742. The first-order valence-corrected chi connectivity index (χ1v) is 9.39. The fourth-order valence-corrected chi connectivity index (χ4v) is 5.58. The normalized spacial score (nSPS) is 19.6. The summed E-state index contributed by atoms with van der Waals surface area (Å²) in [6.45, 7) is 2.32. The number of amides is 1. The molecule has 0 saturated carbocycles. The molecule has 1 amide bonds. The number of hydrogen-bond donors (Lipinski definition) is 0. The zero-order chi connectivity index (χ0) is 14.9. The summed E-state index contributed by atoms with van der Waals surface area (Å²) in [5.74, 6) is -0.172. The maximum atomic E-state index is 12.6. The molecule has 1 saturated heterocycles. The van der Waals surface area contributed by atoms with Gasteiger partial charge >= 0.3 is 0 Å². The molecule has 1 heterocycles. The van der Waals surface area contributed by atoms with Gasteiger partial charge in [0.1, 0.15) is 4.90 Å². The molecule has 0 bridgehead atoms. The maximum Gasteiger partial charge on any atom is 0.267 e. The summed E-state index contributed by atoms with van der Waals surface area (Å²) in [5, 5.41) is 0. The zero-order valence-corrected chi connectivity index (χ0v) is 15.0. The number of nitrogens with zero attached hydrogens (tertiary/aromatic N) is 1. The summed E-state index contributed by atoms with van der Waals surface area (Å²) in [7, 11) is -3.77. The highest BCUT2D eigenvalue weighted by molar-refractivity contribution is 9.11. The molecular weight excluding hydrogens is 410 g/mol. The average Bonchev–Trinajstić information content (AvgIpc) is 2.71. The van der Waals surface area contributed by atoms with Crippen LogP contribution < -0.4 is 0 Å². The Hall–Kier alpha value is -0.400. The van der Waals surface area contributed by atoms with E-state index in [4.69, 9.17) is 0 Å². The molecule has 7 heteroatoms. The van der Waals surface area contributed by atoms with Gasteiger partial charge in [-0.25, -0.2) is 12.7 Å². The van der Waals surface area contributed by atoms with Crippen LogP contribution in [0.25, 0.3) is 0 Å². The Kier molecular flexibility index (Phi) is 4.92. The van der Waals surface area contributed by atoms with Crippen molar-refractivity contribution in [3.05, 3.63) is 27.1 Å². The van der Waals surface area contributed by atoms with Crippen molar-refractivity contribution in [3.8, 4) is 0 Å². The number of rotatable bonds is 4. The van der Waals surface area contributed by atoms with Gasteiger partial charge in [0.2, 0.25) is 5.91 Å². The topological polar surface area (TPSA) is 54.5 Å². The van der Waals surface area contributed by atoms with Gasteiger partial charge in [-0.2, -0.15) is 0 Å². The van der Waals surface area contributed by atoms with Crippen LogP contribution in [0.5, 0.6) is 0 Å². The van der Waals surface area contributed by atoms with Gasteiger partial charge in [-0.3, -0.25) is 4.79 Å². The minimum Gasteiger partial charge on any atom is -0.274 e. The molecule has 1 aliphatic rings. The van der Waals surface area contributed by atoms with Crippen molar-refractivity contribution < 1.29 is 13.2 Å². The lowest BCUT2D eigenvalue weighted by atomic mass is 10.0.